The van der Waals surface area contributed by atoms with Gasteiger partial charge in [-0.15, -0.1) is 0 Å². The molecule has 0 aliphatic heterocycles. The highest BCUT2D eigenvalue weighted by atomic mass is 16.4. The highest BCUT2D eigenvalue weighted by Gasteiger charge is 2.45. The van der Waals surface area contributed by atoms with Crippen LogP contribution in [0, 0.1) is 23.7 Å². The minimum absolute atomic E-state index is 0.169. The summed E-state index contributed by atoms with van der Waals surface area (Å²) >= 11 is 0. The zero-order valence-electron chi connectivity index (χ0n) is 7.05. The first-order valence-corrected chi connectivity index (χ1v) is 4.59. The Morgan fingerprint density at radius 1 is 1.15 bits per heavy atom. The van der Waals surface area contributed by atoms with Crippen LogP contribution in [-0.2, 0) is 4.79 Å². The van der Waals surface area contributed by atoms with Gasteiger partial charge in [-0.25, -0.2) is 4.79 Å². The lowest BCUT2D eigenvalue weighted by Crippen LogP contribution is -2.15. The summed E-state index contributed by atoms with van der Waals surface area (Å²) in [6, 6.07) is 0. The summed E-state index contributed by atoms with van der Waals surface area (Å²) in [6.07, 6.45) is 10.4. The van der Waals surface area contributed by atoms with Gasteiger partial charge in [0.05, 0.1) is 0 Å². The number of carboxylic acids is 1. The molecule has 3 rings (SSSR count). The van der Waals surface area contributed by atoms with Gasteiger partial charge in [-0.2, -0.15) is 0 Å². The van der Waals surface area contributed by atoms with Crippen LogP contribution in [0.25, 0.3) is 0 Å². The van der Waals surface area contributed by atoms with E-state index in [9.17, 15) is 4.79 Å². The van der Waals surface area contributed by atoms with Crippen molar-refractivity contribution in [2.24, 2.45) is 23.7 Å². The van der Waals surface area contributed by atoms with Crippen molar-refractivity contribution in [3.63, 3.8) is 0 Å². The van der Waals surface area contributed by atoms with E-state index in [0.717, 1.165) is 0 Å². The van der Waals surface area contributed by atoms with Crippen LogP contribution in [0.2, 0.25) is 0 Å². The zero-order chi connectivity index (χ0) is 9.00. The fourth-order valence-electron chi connectivity index (χ4n) is 2.83. The zero-order valence-corrected chi connectivity index (χ0v) is 7.05. The van der Waals surface area contributed by atoms with Crippen molar-refractivity contribution in [1.29, 1.82) is 0 Å². The minimum atomic E-state index is -0.752. The smallest absolute Gasteiger partial charge is 0.331 e. The highest BCUT2D eigenvalue weighted by Crippen LogP contribution is 2.50. The van der Waals surface area contributed by atoms with Crippen LogP contribution in [0.3, 0.4) is 0 Å². The Kier molecular flexibility index (Phi) is 1.17. The largest absolute Gasteiger partial charge is 0.478 e. The Labute approximate surface area is 76.3 Å². The summed E-state index contributed by atoms with van der Waals surface area (Å²) in [5.41, 5.74) is 0.595. The van der Waals surface area contributed by atoms with Gasteiger partial charge < -0.3 is 5.11 Å². The van der Waals surface area contributed by atoms with Crippen LogP contribution in [0.1, 0.15) is 0 Å². The number of allylic oxidation sites excluding steroid dienone is 5. The molecule has 4 atom stereocenters. The van der Waals surface area contributed by atoms with E-state index in [2.05, 4.69) is 24.3 Å². The molecule has 0 fully saturated rings. The van der Waals surface area contributed by atoms with Gasteiger partial charge in [0.1, 0.15) is 0 Å². The summed E-state index contributed by atoms with van der Waals surface area (Å²) in [6.45, 7) is 0. The van der Waals surface area contributed by atoms with Crippen LogP contribution < -0.4 is 0 Å². The average molecular weight is 174 g/mol. The fourth-order valence-corrected chi connectivity index (χ4v) is 2.83. The lowest BCUT2D eigenvalue weighted by molar-refractivity contribution is -0.133. The van der Waals surface area contributed by atoms with E-state index in [1.165, 1.54) is 0 Å². The second kappa shape index (κ2) is 2.13. The number of carboxylic acid groups (broad SMARTS) is 1. The number of hydrogen-bond acceptors (Lipinski definition) is 1. The van der Waals surface area contributed by atoms with Gasteiger partial charge >= 0.3 is 5.97 Å². The molecule has 0 bridgehead atoms. The third-order valence-corrected chi connectivity index (χ3v) is 3.38. The Morgan fingerprint density at radius 3 is 2.62 bits per heavy atom. The molecule has 2 heteroatoms. The van der Waals surface area contributed by atoms with Gasteiger partial charge in [0.25, 0.3) is 0 Å². The number of aliphatic carboxylic acids is 1. The fraction of sp³-hybridized carbons (Fsp3) is 0.364. The third kappa shape index (κ3) is 0.755. The maximum atomic E-state index is 10.9. The monoisotopic (exact) mass is 174 g/mol. The molecule has 1 N–H and O–H groups in total. The molecule has 2 nitrogen and oxygen atoms in total. The molecule has 3 aliphatic carbocycles. The SMILES string of the molecule is O=C(O)C1=C[C@@H]2C=C[C@@H]3C=C[C@@H]1[C@H]32. The summed E-state index contributed by atoms with van der Waals surface area (Å²) in [4.78, 5) is 10.9. The Hall–Kier alpha value is -1.31. The predicted octanol–water partition coefficient (Wildman–Crippen LogP) is 1.62. The van der Waals surface area contributed by atoms with Crippen molar-refractivity contribution in [2.45, 2.75) is 0 Å². The second-order valence-electron chi connectivity index (χ2n) is 3.95. The van der Waals surface area contributed by atoms with E-state index < -0.39 is 5.97 Å². The van der Waals surface area contributed by atoms with Crippen LogP contribution >= 0.6 is 0 Å². The topological polar surface area (TPSA) is 37.3 Å². The lowest BCUT2D eigenvalue weighted by atomic mass is 9.87. The van der Waals surface area contributed by atoms with Gasteiger partial charge in [-0.1, -0.05) is 30.4 Å². The Balaban J connectivity index is 2.07. The second-order valence-corrected chi connectivity index (χ2v) is 3.95. The van der Waals surface area contributed by atoms with Crippen molar-refractivity contribution in [3.05, 3.63) is 36.0 Å². The van der Waals surface area contributed by atoms with E-state index in [1.54, 1.807) is 0 Å². The van der Waals surface area contributed by atoms with Crippen LogP contribution in [0.4, 0.5) is 0 Å². The molecule has 0 radical (unpaired) electrons. The molecule has 0 heterocycles. The van der Waals surface area contributed by atoms with Gasteiger partial charge in [0.15, 0.2) is 0 Å². The van der Waals surface area contributed by atoms with Crippen LogP contribution in [0.5, 0.6) is 0 Å². The van der Waals surface area contributed by atoms with Crippen molar-refractivity contribution < 1.29 is 9.90 Å². The summed E-state index contributed by atoms with van der Waals surface area (Å²) in [5, 5.41) is 8.96. The van der Waals surface area contributed by atoms with Crippen molar-refractivity contribution in [3.8, 4) is 0 Å². The van der Waals surface area contributed by atoms with E-state index >= 15 is 0 Å². The van der Waals surface area contributed by atoms with Gasteiger partial charge in [0, 0.05) is 17.4 Å². The molecule has 0 aromatic heterocycles. The molecule has 0 saturated carbocycles. The maximum absolute atomic E-state index is 10.9. The van der Waals surface area contributed by atoms with E-state index in [0.29, 0.717) is 23.3 Å². The first kappa shape index (κ1) is 7.13. The number of carbonyl (C=O) groups is 1. The van der Waals surface area contributed by atoms with Crippen molar-refractivity contribution >= 4 is 5.97 Å². The Morgan fingerprint density at radius 2 is 1.85 bits per heavy atom. The molecule has 13 heavy (non-hydrogen) atoms. The normalized spacial score (nSPS) is 43.8. The maximum Gasteiger partial charge on any atom is 0.331 e. The minimum Gasteiger partial charge on any atom is -0.478 e. The number of hydrogen-bond donors (Lipinski definition) is 1. The molecule has 0 amide bonds. The molecule has 66 valence electrons. The van der Waals surface area contributed by atoms with Gasteiger partial charge in [-0.3, -0.25) is 0 Å². The molecular weight excluding hydrogens is 164 g/mol. The van der Waals surface area contributed by atoms with Gasteiger partial charge in [0.2, 0.25) is 0 Å². The standard InChI is InChI=1S/C11H10O2/c12-11(13)9-5-7-2-1-6-3-4-8(9)10(6)7/h1-8,10H,(H,12,13)/t6-,7+,8+,10-/m1/s1. The first-order valence-electron chi connectivity index (χ1n) is 4.59. The average Bonchev–Trinajstić information content (AvgIpc) is 2.72. The van der Waals surface area contributed by atoms with Gasteiger partial charge in [-0.05, 0) is 11.8 Å². The molecule has 0 spiro atoms. The quantitative estimate of drug-likeness (QED) is 0.613. The van der Waals surface area contributed by atoms with Crippen LogP contribution in [0.15, 0.2) is 36.0 Å². The molecule has 0 aromatic rings. The molecular formula is C11H10O2. The van der Waals surface area contributed by atoms with Crippen molar-refractivity contribution in [2.75, 3.05) is 0 Å². The summed E-state index contributed by atoms with van der Waals surface area (Å²) < 4.78 is 0. The van der Waals surface area contributed by atoms with E-state index in [1.807, 2.05) is 6.08 Å². The number of rotatable bonds is 1. The Bertz CT molecular complexity index is 362. The lowest BCUT2D eigenvalue weighted by Gasteiger charge is -2.15. The molecule has 0 unspecified atom stereocenters. The van der Waals surface area contributed by atoms with Crippen molar-refractivity contribution in [1.82, 2.24) is 0 Å². The first-order chi connectivity index (χ1) is 6.27. The highest BCUT2D eigenvalue weighted by molar-refractivity contribution is 5.89. The summed E-state index contributed by atoms with van der Waals surface area (Å²) in [7, 11) is 0. The molecule has 0 aromatic carbocycles. The summed E-state index contributed by atoms with van der Waals surface area (Å²) in [5.74, 6) is 0.769. The molecule has 0 saturated heterocycles. The molecule has 3 aliphatic rings. The van der Waals surface area contributed by atoms with E-state index in [-0.39, 0.29) is 5.92 Å². The predicted molar refractivity (Wildman–Crippen MR) is 48.0 cm³/mol. The van der Waals surface area contributed by atoms with E-state index in [4.69, 9.17) is 5.11 Å². The van der Waals surface area contributed by atoms with Crippen LogP contribution in [-0.4, -0.2) is 11.1 Å². The third-order valence-electron chi connectivity index (χ3n) is 3.38.